The number of aliphatic hydroxyl groups excluding tert-OH is 1. The molecule has 2 rings (SSSR count). The standard InChI is InChI=1S/C10H21N3O/c11-10(8-14)3-6-13(7-10)9-1-4-12-5-2-9/h9,12,14H,1-8,11H2. The molecule has 0 aromatic heterocycles. The van der Waals surface area contributed by atoms with Crippen molar-refractivity contribution in [2.45, 2.75) is 30.8 Å². The fourth-order valence-electron chi connectivity index (χ4n) is 2.54. The number of likely N-dealkylation sites (tertiary alicyclic amines) is 1. The van der Waals surface area contributed by atoms with Gasteiger partial charge < -0.3 is 16.2 Å². The molecule has 4 nitrogen and oxygen atoms in total. The lowest BCUT2D eigenvalue weighted by atomic mass is 10.0. The highest BCUT2D eigenvalue weighted by atomic mass is 16.3. The molecule has 2 aliphatic heterocycles. The van der Waals surface area contributed by atoms with Gasteiger partial charge in [0.2, 0.25) is 0 Å². The van der Waals surface area contributed by atoms with Gasteiger partial charge >= 0.3 is 0 Å². The molecule has 0 radical (unpaired) electrons. The highest BCUT2D eigenvalue weighted by Gasteiger charge is 2.36. The quantitative estimate of drug-likeness (QED) is 0.541. The third-order valence-electron chi connectivity index (χ3n) is 3.55. The lowest BCUT2D eigenvalue weighted by Gasteiger charge is -2.32. The number of nitrogens with two attached hydrogens (primary N) is 1. The molecular weight excluding hydrogens is 178 g/mol. The highest BCUT2D eigenvalue weighted by molar-refractivity contribution is 4.96. The van der Waals surface area contributed by atoms with E-state index in [1.807, 2.05) is 0 Å². The monoisotopic (exact) mass is 199 g/mol. The zero-order valence-corrected chi connectivity index (χ0v) is 8.71. The number of piperidine rings is 1. The van der Waals surface area contributed by atoms with E-state index in [-0.39, 0.29) is 12.1 Å². The number of rotatable bonds is 2. The molecule has 82 valence electrons. The van der Waals surface area contributed by atoms with Gasteiger partial charge in [-0.3, -0.25) is 4.90 Å². The van der Waals surface area contributed by atoms with Crippen LogP contribution in [0.2, 0.25) is 0 Å². The molecule has 14 heavy (non-hydrogen) atoms. The Kier molecular flexibility index (Phi) is 3.07. The predicted molar refractivity (Wildman–Crippen MR) is 56.1 cm³/mol. The van der Waals surface area contributed by atoms with Crippen LogP contribution in [0.5, 0.6) is 0 Å². The van der Waals surface area contributed by atoms with Gasteiger partial charge in [0.1, 0.15) is 0 Å². The normalized spacial score (nSPS) is 36.4. The summed E-state index contributed by atoms with van der Waals surface area (Å²) in [6, 6.07) is 0.688. The first-order valence-electron chi connectivity index (χ1n) is 5.58. The topological polar surface area (TPSA) is 61.5 Å². The van der Waals surface area contributed by atoms with Crippen LogP contribution >= 0.6 is 0 Å². The first-order chi connectivity index (χ1) is 6.73. The fourth-order valence-corrected chi connectivity index (χ4v) is 2.54. The van der Waals surface area contributed by atoms with Gasteiger partial charge in [0.05, 0.1) is 12.1 Å². The van der Waals surface area contributed by atoms with Gasteiger partial charge in [-0.05, 0) is 32.4 Å². The largest absolute Gasteiger partial charge is 0.394 e. The maximum Gasteiger partial charge on any atom is 0.0624 e. The summed E-state index contributed by atoms with van der Waals surface area (Å²) in [5, 5.41) is 12.5. The predicted octanol–water partition coefficient (Wildman–Crippen LogP) is -0.866. The van der Waals surface area contributed by atoms with E-state index in [1.165, 1.54) is 12.8 Å². The van der Waals surface area contributed by atoms with Gasteiger partial charge in [-0.15, -0.1) is 0 Å². The van der Waals surface area contributed by atoms with E-state index in [4.69, 9.17) is 5.73 Å². The molecule has 1 unspecified atom stereocenters. The first kappa shape index (κ1) is 10.4. The van der Waals surface area contributed by atoms with E-state index >= 15 is 0 Å². The Morgan fingerprint density at radius 3 is 2.71 bits per heavy atom. The van der Waals surface area contributed by atoms with Crippen LogP contribution in [0, 0.1) is 0 Å². The average molecular weight is 199 g/mol. The molecule has 4 heteroatoms. The fraction of sp³-hybridized carbons (Fsp3) is 1.00. The van der Waals surface area contributed by atoms with Gasteiger partial charge in [-0.2, -0.15) is 0 Å². The second-order valence-corrected chi connectivity index (χ2v) is 4.72. The summed E-state index contributed by atoms with van der Waals surface area (Å²) >= 11 is 0. The van der Waals surface area contributed by atoms with Crippen LogP contribution in [-0.2, 0) is 0 Å². The summed E-state index contributed by atoms with van der Waals surface area (Å²) in [5.41, 5.74) is 5.72. The second-order valence-electron chi connectivity index (χ2n) is 4.72. The van der Waals surface area contributed by atoms with Gasteiger partial charge in [0.15, 0.2) is 0 Å². The third kappa shape index (κ3) is 2.08. The van der Waals surface area contributed by atoms with Crippen LogP contribution in [0.4, 0.5) is 0 Å². The van der Waals surface area contributed by atoms with Crippen molar-refractivity contribution in [1.82, 2.24) is 10.2 Å². The van der Waals surface area contributed by atoms with E-state index in [0.717, 1.165) is 32.6 Å². The number of aliphatic hydroxyl groups is 1. The zero-order chi connectivity index (χ0) is 10.0. The summed E-state index contributed by atoms with van der Waals surface area (Å²) in [6.07, 6.45) is 3.39. The van der Waals surface area contributed by atoms with Crippen LogP contribution in [0.15, 0.2) is 0 Å². The van der Waals surface area contributed by atoms with Crippen LogP contribution in [0.1, 0.15) is 19.3 Å². The van der Waals surface area contributed by atoms with E-state index in [1.54, 1.807) is 0 Å². The van der Waals surface area contributed by atoms with E-state index in [9.17, 15) is 5.11 Å². The Morgan fingerprint density at radius 1 is 1.43 bits per heavy atom. The lowest BCUT2D eigenvalue weighted by molar-refractivity contribution is 0.159. The number of nitrogens with zero attached hydrogens (tertiary/aromatic N) is 1. The lowest BCUT2D eigenvalue weighted by Crippen LogP contribution is -2.49. The highest BCUT2D eigenvalue weighted by Crippen LogP contribution is 2.23. The van der Waals surface area contributed by atoms with Gasteiger partial charge in [0, 0.05) is 19.1 Å². The maximum absolute atomic E-state index is 9.18. The zero-order valence-electron chi connectivity index (χ0n) is 8.71. The van der Waals surface area contributed by atoms with Crippen molar-refractivity contribution in [1.29, 1.82) is 0 Å². The summed E-state index contributed by atoms with van der Waals surface area (Å²) in [4.78, 5) is 2.46. The molecule has 0 aromatic rings. The van der Waals surface area contributed by atoms with Crippen molar-refractivity contribution in [2.75, 3.05) is 32.8 Å². The van der Waals surface area contributed by atoms with Gasteiger partial charge in [0.25, 0.3) is 0 Å². The Balaban J connectivity index is 1.88. The Bertz CT molecular complexity index is 194. The second kappa shape index (κ2) is 4.14. The minimum atomic E-state index is -0.328. The smallest absolute Gasteiger partial charge is 0.0624 e. The van der Waals surface area contributed by atoms with Crippen molar-refractivity contribution in [3.63, 3.8) is 0 Å². The Labute approximate surface area is 85.5 Å². The van der Waals surface area contributed by atoms with Crippen molar-refractivity contribution in [2.24, 2.45) is 5.73 Å². The summed E-state index contributed by atoms with van der Waals surface area (Å²) in [7, 11) is 0. The molecule has 2 fully saturated rings. The summed E-state index contributed by atoms with van der Waals surface area (Å²) in [6.45, 7) is 4.29. The molecule has 4 N–H and O–H groups in total. The van der Waals surface area contributed by atoms with Crippen LogP contribution in [0.3, 0.4) is 0 Å². The molecule has 0 aromatic carbocycles. The van der Waals surface area contributed by atoms with Crippen LogP contribution < -0.4 is 11.1 Å². The molecule has 0 bridgehead atoms. The Hall–Kier alpha value is -0.160. The SMILES string of the molecule is NC1(CO)CCN(C2CCNCC2)C1. The molecule has 1 atom stereocenters. The summed E-state index contributed by atoms with van der Waals surface area (Å²) in [5.74, 6) is 0. The minimum Gasteiger partial charge on any atom is -0.394 e. The molecule has 0 amide bonds. The van der Waals surface area contributed by atoms with Crippen molar-refractivity contribution in [3.05, 3.63) is 0 Å². The molecule has 0 spiro atoms. The van der Waals surface area contributed by atoms with Gasteiger partial charge in [-0.25, -0.2) is 0 Å². The molecule has 2 heterocycles. The molecule has 0 aliphatic carbocycles. The number of nitrogens with one attached hydrogen (secondary N) is 1. The van der Waals surface area contributed by atoms with Crippen molar-refractivity contribution >= 4 is 0 Å². The van der Waals surface area contributed by atoms with Crippen molar-refractivity contribution in [3.8, 4) is 0 Å². The first-order valence-corrected chi connectivity index (χ1v) is 5.58. The van der Waals surface area contributed by atoms with Crippen LogP contribution in [-0.4, -0.2) is 54.4 Å². The van der Waals surface area contributed by atoms with E-state index in [2.05, 4.69) is 10.2 Å². The minimum absolute atomic E-state index is 0.120. The van der Waals surface area contributed by atoms with Crippen molar-refractivity contribution < 1.29 is 5.11 Å². The number of hydrogen-bond acceptors (Lipinski definition) is 4. The molecule has 0 saturated carbocycles. The molecule has 2 saturated heterocycles. The molecular formula is C10H21N3O. The van der Waals surface area contributed by atoms with E-state index < -0.39 is 0 Å². The third-order valence-corrected chi connectivity index (χ3v) is 3.55. The molecule has 2 aliphatic rings. The number of hydrogen-bond donors (Lipinski definition) is 3. The average Bonchev–Trinajstić information content (AvgIpc) is 2.63. The van der Waals surface area contributed by atoms with Gasteiger partial charge in [-0.1, -0.05) is 0 Å². The maximum atomic E-state index is 9.18. The van der Waals surface area contributed by atoms with Crippen LogP contribution in [0.25, 0.3) is 0 Å². The van der Waals surface area contributed by atoms with E-state index in [0.29, 0.717) is 6.04 Å². The Morgan fingerprint density at radius 2 is 2.14 bits per heavy atom. The summed E-state index contributed by atoms with van der Waals surface area (Å²) < 4.78 is 0.